The predicted molar refractivity (Wildman–Crippen MR) is 93.8 cm³/mol. The number of benzene rings is 2. The van der Waals surface area contributed by atoms with Crippen LogP contribution in [-0.4, -0.2) is 32.8 Å². The van der Waals surface area contributed by atoms with Crippen LogP contribution >= 0.6 is 0 Å². The van der Waals surface area contributed by atoms with Gasteiger partial charge < -0.3 is 14.4 Å². The molecule has 0 N–H and O–H groups in total. The molecule has 7 nitrogen and oxygen atoms in total. The SMILES string of the molecule is CCOC(=O)OC(=O)c1cccc(N=Nc2ccc(N(C)C)cc2)c1. The molecule has 0 aliphatic rings. The molecule has 0 aromatic heterocycles. The van der Waals surface area contributed by atoms with E-state index in [4.69, 9.17) is 0 Å². The molecule has 0 spiro atoms. The van der Waals surface area contributed by atoms with Crippen molar-refractivity contribution in [1.29, 1.82) is 0 Å². The smallest absolute Gasteiger partial charge is 0.434 e. The molecule has 0 saturated heterocycles. The molecule has 0 aliphatic heterocycles. The van der Waals surface area contributed by atoms with Crippen LogP contribution in [0.1, 0.15) is 17.3 Å². The lowest BCUT2D eigenvalue weighted by Crippen LogP contribution is -2.13. The van der Waals surface area contributed by atoms with Crippen molar-refractivity contribution in [3.05, 3.63) is 54.1 Å². The summed E-state index contributed by atoms with van der Waals surface area (Å²) in [7, 11) is 3.91. The molecule has 2 rings (SSSR count). The number of hydrogen-bond acceptors (Lipinski definition) is 7. The second kappa shape index (κ2) is 8.58. The Morgan fingerprint density at radius 2 is 1.68 bits per heavy atom. The highest BCUT2D eigenvalue weighted by Crippen LogP contribution is 2.22. The normalized spacial score (nSPS) is 10.5. The van der Waals surface area contributed by atoms with Crippen LogP contribution in [0.5, 0.6) is 0 Å². The number of nitrogens with zero attached hydrogens (tertiary/aromatic N) is 3. The first kappa shape index (κ1) is 18.1. The second-order valence-electron chi connectivity index (χ2n) is 5.23. The van der Waals surface area contributed by atoms with Gasteiger partial charge in [0.1, 0.15) is 0 Å². The van der Waals surface area contributed by atoms with Gasteiger partial charge in [-0.15, -0.1) is 0 Å². The number of carbonyl (C=O) groups excluding carboxylic acids is 2. The minimum Gasteiger partial charge on any atom is -0.434 e. The summed E-state index contributed by atoms with van der Waals surface area (Å²) in [5.41, 5.74) is 2.40. The second-order valence-corrected chi connectivity index (χ2v) is 5.23. The van der Waals surface area contributed by atoms with E-state index < -0.39 is 12.1 Å². The predicted octanol–water partition coefficient (Wildman–Crippen LogP) is 4.48. The molecule has 130 valence electrons. The van der Waals surface area contributed by atoms with E-state index in [1.54, 1.807) is 19.1 Å². The summed E-state index contributed by atoms with van der Waals surface area (Å²) in [4.78, 5) is 25.0. The van der Waals surface area contributed by atoms with E-state index in [1.807, 2.05) is 43.3 Å². The van der Waals surface area contributed by atoms with Gasteiger partial charge in [-0.25, -0.2) is 9.59 Å². The van der Waals surface area contributed by atoms with Gasteiger partial charge in [-0.3, -0.25) is 0 Å². The number of carbonyl (C=O) groups is 2. The minimum atomic E-state index is -1.03. The Kier molecular flexibility index (Phi) is 6.22. The van der Waals surface area contributed by atoms with E-state index in [1.165, 1.54) is 12.1 Å². The zero-order chi connectivity index (χ0) is 18.2. The molecule has 0 radical (unpaired) electrons. The fourth-order valence-electron chi connectivity index (χ4n) is 1.91. The average molecular weight is 341 g/mol. The van der Waals surface area contributed by atoms with Gasteiger partial charge in [-0.1, -0.05) is 6.07 Å². The van der Waals surface area contributed by atoms with Crippen molar-refractivity contribution in [2.24, 2.45) is 10.2 Å². The zero-order valence-electron chi connectivity index (χ0n) is 14.3. The summed E-state index contributed by atoms with van der Waals surface area (Å²) < 4.78 is 9.12. The summed E-state index contributed by atoms with van der Waals surface area (Å²) in [6.45, 7) is 1.75. The van der Waals surface area contributed by atoms with Crippen LogP contribution in [0, 0.1) is 0 Å². The highest BCUT2D eigenvalue weighted by atomic mass is 16.7. The Labute approximate surface area is 145 Å². The number of azo groups is 1. The first-order chi connectivity index (χ1) is 12.0. The van der Waals surface area contributed by atoms with Crippen molar-refractivity contribution in [2.75, 3.05) is 25.6 Å². The standard InChI is InChI=1S/C18H19N3O4/c1-4-24-18(23)25-17(22)13-6-5-7-15(12-13)20-19-14-8-10-16(11-9-14)21(2)3/h5-12H,4H2,1-3H3. The third-order valence-corrected chi connectivity index (χ3v) is 3.17. The summed E-state index contributed by atoms with van der Waals surface area (Å²) in [6.07, 6.45) is -1.03. The number of anilines is 1. The van der Waals surface area contributed by atoms with Gasteiger partial charge in [0.05, 0.1) is 23.5 Å². The van der Waals surface area contributed by atoms with E-state index in [0.717, 1.165) is 5.69 Å². The third-order valence-electron chi connectivity index (χ3n) is 3.17. The fraction of sp³-hybridized carbons (Fsp3) is 0.222. The molecule has 25 heavy (non-hydrogen) atoms. The Hall–Kier alpha value is -3.22. The summed E-state index contributed by atoms with van der Waals surface area (Å²) in [5.74, 6) is -0.800. The molecule has 0 unspecified atom stereocenters. The molecule has 0 saturated carbocycles. The third kappa shape index (κ3) is 5.42. The lowest BCUT2D eigenvalue weighted by atomic mass is 10.2. The maximum Gasteiger partial charge on any atom is 0.516 e. The van der Waals surface area contributed by atoms with E-state index in [-0.39, 0.29) is 12.2 Å². The van der Waals surface area contributed by atoms with Crippen molar-refractivity contribution in [1.82, 2.24) is 0 Å². The van der Waals surface area contributed by atoms with Crippen molar-refractivity contribution >= 4 is 29.2 Å². The van der Waals surface area contributed by atoms with E-state index in [0.29, 0.717) is 11.4 Å². The van der Waals surface area contributed by atoms with Crippen LogP contribution in [0.4, 0.5) is 21.9 Å². The van der Waals surface area contributed by atoms with Crippen molar-refractivity contribution < 1.29 is 19.1 Å². The lowest BCUT2D eigenvalue weighted by Gasteiger charge is -2.11. The van der Waals surface area contributed by atoms with Crippen LogP contribution in [0.2, 0.25) is 0 Å². The topological polar surface area (TPSA) is 80.6 Å². The summed E-state index contributed by atoms with van der Waals surface area (Å²) in [6, 6.07) is 13.9. The Morgan fingerprint density at radius 3 is 2.32 bits per heavy atom. The number of hydrogen-bond donors (Lipinski definition) is 0. The van der Waals surface area contributed by atoms with Crippen molar-refractivity contribution in [3.63, 3.8) is 0 Å². The van der Waals surface area contributed by atoms with Crippen LogP contribution in [0.3, 0.4) is 0 Å². The number of rotatable bonds is 5. The Bertz CT molecular complexity index is 770. The molecule has 2 aromatic rings. The van der Waals surface area contributed by atoms with Gasteiger partial charge in [0.15, 0.2) is 0 Å². The van der Waals surface area contributed by atoms with Gasteiger partial charge in [-0.05, 0) is 49.4 Å². The Balaban J connectivity index is 2.07. The monoisotopic (exact) mass is 341 g/mol. The molecule has 0 amide bonds. The minimum absolute atomic E-state index is 0.132. The zero-order valence-corrected chi connectivity index (χ0v) is 14.3. The van der Waals surface area contributed by atoms with Crippen molar-refractivity contribution in [2.45, 2.75) is 6.92 Å². The molecule has 0 fully saturated rings. The molecular weight excluding hydrogens is 322 g/mol. The summed E-state index contributed by atoms with van der Waals surface area (Å²) >= 11 is 0. The number of ether oxygens (including phenoxy) is 2. The largest absolute Gasteiger partial charge is 0.516 e. The van der Waals surface area contributed by atoms with Crippen molar-refractivity contribution in [3.8, 4) is 0 Å². The average Bonchev–Trinajstić information content (AvgIpc) is 2.60. The molecule has 2 aromatic carbocycles. The van der Waals surface area contributed by atoms with Crippen LogP contribution in [0.25, 0.3) is 0 Å². The molecule has 0 atom stereocenters. The quantitative estimate of drug-likeness (QED) is 0.455. The fourth-order valence-corrected chi connectivity index (χ4v) is 1.91. The highest BCUT2D eigenvalue weighted by Gasteiger charge is 2.13. The molecule has 0 heterocycles. The van der Waals surface area contributed by atoms with E-state index in [2.05, 4.69) is 19.7 Å². The maximum atomic E-state index is 11.9. The van der Waals surface area contributed by atoms with Gasteiger partial charge in [0.25, 0.3) is 0 Å². The maximum absolute atomic E-state index is 11.9. The van der Waals surface area contributed by atoms with Gasteiger partial charge in [0, 0.05) is 19.8 Å². The number of esters is 1. The van der Waals surface area contributed by atoms with Gasteiger partial charge in [0.2, 0.25) is 0 Å². The van der Waals surface area contributed by atoms with Gasteiger partial charge in [-0.2, -0.15) is 10.2 Å². The van der Waals surface area contributed by atoms with E-state index in [9.17, 15) is 9.59 Å². The first-order valence-electron chi connectivity index (χ1n) is 7.67. The first-order valence-corrected chi connectivity index (χ1v) is 7.67. The molecule has 0 aliphatic carbocycles. The van der Waals surface area contributed by atoms with E-state index >= 15 is 0 Å². The highest BCUT2D eigenvalue weighted by molar-refractivity contribution is 5.95. The summed E-state index contributed by atoms with van der Waals surface area (Å²) in [5, 5.41) is 8.23. The molecule has 7 heteroatoms. The van der Waals surface area contributed by atoms with Gasteiger partial charge >= 0.3 is 12.1 Å². The molecule has 0 bridgehead atoms. The molecular formula is C18H19N3O4. The van der Waals surface area contributed by atoms with Crippen LogP contribution < -0.4 is 4.90 Å². The lowest BCUT2D eigenvalue weighted by molar-refractivity contribution is 0.0401. The van der Waals surface area contributed by atoms with Crippen LogP contribution in [-0.2, 0) is 9.47 Å². The Morgan fingerprint density at radius 1 is 1.00 bits per heavy atom. The van der Waals surface area contributed by atoms with Crippen LogP contribution in [0.15, 0.2) is 58.8 Å².